The van der Waals surface area contributed by atoms with Crippen LogP contribution in [0.3, 0.4) is 0 Å². The van der Waals surface area contributed by atoms with Crippen LogP contribution in [0, 0.1) is 6.92 Å². The van der Waals surface area contributed by atoms with Crippen molar-refractivity contribution in [1.82, 2.24) is 0 Å². The number of rotatable bonds is 3. The fourth-order valence-corrected chi connectivity index (χ4v) is 2.08. The van der Waals surface area contributed by atoms with Crippen LogP contribution in [0.5, 0.6) is 0 Å². The van der Waals surface area contributed by atoms with Gasteiger partial charge in [0.15, 0.2) is 0 Å². The first-order chi connectivity index (χ1) is 8.61. The van der Waals surface area contributed by atoms with Crippen LogP contribution in [0.1, 0.15) is 35.3 Å². The molecule has 0 aliphatic carbocycles. The van der Waals surface area contributed by atoms with Crippen LogP contribution < -0.4 is 0 Å². The molecule has 18 heavy (non-hydrogen) atoms. The fraction of sp³-hybridized carbons (Fsp3) is 0.250. The van der Waals surface area contributed by atoms with E-state index in [1.54, 1.807) is 0 Å². The molecule has 2 heteroatoms. The van der Waals surface area contributed by atoms with Gasteiger partial charge >= 0.3 is 0 Å². The van der Waals surface area contributed by atoms with Gasteiger partial charge in [-0.15, -0.1) is 0 Å². The predicted molar refractivity (Wildman–Crippen MR) is 76.1 cm³/mol. The highest BCUT2D eigenvalue weighted by atomic mass is 35.5. The molecule has 0 radical (unpaired) electrons. The molecule has 2 aromatic carbocycles. The molecule has 2 aromatic rings. The van der Waals surface area contributed by atoms with Gasteiger partial charge in [0.2, 0.25) is 0 Å². The average Bonchev–Trinajstić information content (AvgIpc) is 2.41. The highest BCUT2D eigenvalue weighted by molar-refractivity contribution is 6.31. The Kier molecular flexibility index (Phi) is 4.05. The summed E-state index contributed by atoms with van der Waals surface area (Å²) in [6.45, 7) is 4.06. The van der Waals surface area contributed by atoms with E-state index in [2.05, 4.69) is 19.1 Å². The number of hydrogen-bond acceptors (Lipinski definition) is 1. The van der Waals surface area contributed by atoms with Crippen molar-refractivity contribution in [2.24, 2.45) is 0 Å². The quantitative estimate of drug-likeness (QED) is 0.873. The Morgan fingerprint density at radius 3 is 2.22 bits per heavy atom. The summed E-state index contributed by atoms with van der Waals surface area (Å²) in [6.07, 6.45) is 0.419. The minimum atomic E-state index is -0.591. The van der Waals surface area contributed by atoms with Crippen molar-refractivity contribution in [2.45, 2.75) is 26.4 Å². The van der Waals surface area contributed by atoms with Crippen molar-refractivity contribution < 1.29 is 5.11 Å². The molecule has 0 fully saturated rings. The molecule has 1 atom stereocenters. The fourth-order valence-electron chi connectivity index (χ4n) is 1.97. The van der Waals surface area contributed by atoms with Gasteiger partial charge in [-0.1, -0.05) is 54.9 Å². The van der Waals surface area contributed by atoms with Gasteiger partial charge in [-0.25, -0.2) is 0 Å². The molecule has 0 saturated heterocycles. The summed E-state index contributed by atoms with van der Waals surface area (Å²) < 4.78 is 0. The maximum atomic E-state index is 10.3. The molecule has 0 aromatic heterocycles. The smallest absolute Gasteiger partial charge is 0.104 e. The van der Waals surface area contributed by atoms with Gasteiger partial charge in [0.1, 0.15) is 6.10 Å². The number of aryl methyl sites for hydroxylation is 2. The first-order valence-corrected chi connectivity index (χ1v) is 6.52. The monoisotopic (exact) mass is 260 g/mol. The van der Waals surface area contributed by atoms with E-state index in [-0.39, 0.29) is 0 Å². The Balaban J connectivity index is 2.28. The first-order valence-electron chi connectivity index (χ1n) is 6.14. The maximum Gasteiger partial charge on any atom is 0.104 e. The molecule has 0 aliphatic rings. The topological polar surface area (TPSA) is 20.2 Å². The highest BCUT2D eigenvalue weighted by Gasteiger charge is 2.11. The molecular formula is C16H17ClO. The molecule has 0 bridgehead atoms. The van der Waals surface area contributed by atoms with Crippen molar-refractivity contribution in [3.63, 3.8) is 0 Å². The van der Waals surface area contributed by atoms with Crippen LogP contribution >= 0.6 is 11.6 Å². The highest BCUT2D eigenvalue weighted by Crippen LogP contribution is 2.25. The van der Waals surface area contributed by atoms with Gasteiger partial charge in [0, 0.05) is 5.02 Å². The second kappa shape index (κ2) is 5.55. The van der Waals surface area contributed by atoms with Crippen molar-refractivity contribution in [2.75, 3.05) is 0 Å². The average molecular weight is 261 g/mol. The molecular weight excluding hydrogens is 244 g/mol. The van der Waals surface area contributed by atoms with E-state index in [0.29, 0.717) is 0 Å². The Labute approximate surface area is 113 Å². The normalized spacial score (nSPS) is 12.4. The molecule has 0 heterocycles. The Morgan fingerprint density at radius 2 is 1.67 bits per heavy atom. The van der Waals surface area contributed by atoms with Gasteiger partial charge in [-0.05, 0) is 41.7 Å². The zero-order valence-electron chi connectivity index (χ0n) is 10.7. The summed E-state index contributed by atoms with van der Waals surface area (Å²) in [5.74, 6) is 0. The largest absolute Gasteiger partial charge is 0.384 e. The Morgan fingerprint density at radius 1 is 1.06 bits per heavy atom. The number of benzene rings is 2. The van der Waals surface area contributed by atoms with E-state index >= 15 is 0 Å². The van der Waals surface area contributed by atoms with E-state index in [1.807, 2.05) is 37.3 Å². The summed E-state index contributed by atoms with van der Waals surface area (Å²) in [6, 6.07) is 13.7. The third-order valence-electron chi connectivity index (χ3n) is 3.20. The molecule has 1 unspecified atom stereocenters. The lowest BCUT2D eigenvalue weighted by atomic mass is 9.99. The summed E-state index contributed by atoms with van der Waals surface area (Å²) >= 11 is 5.99. The minimum Gasteiger partial charge on any atom is -0.384 e. The van der Waals surface area contributed by atoms with Crippen LogP contribution in [-0.2, 0) is 6.42 Å². The summed E-state index contributed by atoms with van der Waals surface area (Å²) in [7, 11) is 0. The van der Waals surface area contributed by atoms with Crippen LogP contribution in [0.2, 0.25) is 5.02 Å². The van der Waals surface area contributed by atoms with Crippen molar-refractivity contribution in [3.8, 4) is 0 Å². The standard InChI is InChI=1S/C16H17ClO/c1-3-12-4-6-13(7-5-12)16(18)14-8-9-15(17)11(2)10-14/h4-10,16,18H,3H2,1-2H3. The maximum absolute atomic E-state index is 10.3. The lowest BCUT2D eigenvalue weighted by molar-refractivity contribution is 0.220. The minimum absolute atomic E-state index is 0.591. The van der Waals surface area contributed by atoms with Gasteiger partial charge in [-0.2, -0.15) is 0 Å². The van der Waals surface area contributed by atoms with Gasteiger partial charge in [-0.3, -0.25) is 0 Å². The van der Waals surface area contributed by atoms with E-state index in [0.717, 1.165) is 28.1 Å². The van der Waals surface area contributed by atoms with E-state index in [1.165, 1.54) is 5.56 Å². The summed E-state index contributed by atoms with van der Waals surface area (Å²) in [4.78, 5) is 0. The van der Waals surface area contributed by atoms with Crippen molar-refractivity contribution >= 4 is 11.6 Å². The van der Waals surface area contributed by atoms with Crippen LogP contribution in [0.15, 0.2) is 42.5 Å². The first kappa shape index (κ1) is 13.1. The molecule has 0 aliphatic heterocycles. The molecule has 94 valence electrons. The number of hydrogen-bond donors (Lipinski definition) is 1. The van der Waals surface area contributed by atoms with Crippen molar-refractivity contribution in [3.05, 3.63) is 69.7 Å². The third kappa shape index (κ3) is 2.74. The van der Waals surface area contributed by atoms with Crippen LogP contribution in [0.4, 0.5) is 0 Å². The lowest BCUT2D eigenvalue weighted by Gasteiger charge is -2.13. The number of halogens is 1. The predicted octanol–water partition coefficient (Wildman–Crippen LogP) is 4.29. The molecule has 0 amide bonds. The van der Waals surface area contributed by atoms with Crippen LogP contribution in [-0.4, -0.2) is 5.11 Å². The van der Waals surface area contributed by atoms with Gasteiger partial charge in [0.05, 0.1) is 0 Å². The van der Waals surface area contributed by atoms with Crippen molar-refractivity contribution in [1.29, 1.82) is 0 Å². The van der Waals surface area contributed by atoms with Gasteiger partial charge in [0.25, 0.3) is 0 Å². The number of aliphatic hydroxyl groups is 1. The zero-order valence-corrected chi connectivity index (χ0v) is 11.4. The van der Waals surface area contributed by atoms with Gasteiger partial charge < -0.3 is 5.11 Å². The third-order valence-corrected chi connectivity index (χ3v) is 3.63. The van der Waals surface area contributed by atoms with E-state index in [4.69, 9.17) is 11.6 Å². The van der Waals surface area contributed by atoms with Crippen LogP contribution in [0.25, 0.3) is 0 Å². The van der Waals surface area contributed by atoms with E-state index < -0.39 is 6.10 Å². The molecule has 1 N–H and O–H groups in total. The second-order valence-electron chi connectivity index (χ2n) is 4.51. The summed E-state index contributed by atoms with van der Waals surface area (Å²) in [5, 5.41) is 11.1. The van der Waals surface area contributed by atoms with E-state index in [9.17, 15) is 5.11 Å². The summed E-state index contributed by atoms with van der Waals surface area (Å²) in [5.41, 5.74) is 4.05. The molecule has 2 rings (SSSR count). The zero-order chi connectivity index (χ0) is 13.1. The Hall–Kier alpha value is -1.31. The lowest BCUT2D eigenvalue weighted by Crippen LogP contribution is -2.00. The Bertz CT molecular complexity index is 531. The molecule has 0 spiro atoms. The molecule has 0 saturated carbocycles. The SMILES string of the molecule is CCc1ccc(C(O)c2ccc(Cl)c(C)c2)cc1. The second-order valence-corrected chi connectivity index (χ2v) is 4.91. The molecule has 1 nitrogen and oxygen atoms in total. The number of aliphatic hydroxyl groups excluding tert-OH is 1.